The van der Waals surface area contributed by atoms with Gasteiger partial charge in [0.1, 0.15) is 34.6 Å². The maximum absolute atomic E-state index is 14.6. The lowest BCUT2D eigenvalue weighted by Gasteiger charge is -2.09. The average molecular weight is 412 g/mol. The zero-order chi connectivity index (χ0) is 20.2. The predicted octanol–water partition coefficient (Wildman–Crippen LogP) is 4.68. The van der Waals surface area contributed by atoms with Gasteiger partial charge in [-0.15, -0.1) is 11.3 Å². The highest BCUT2D eigenvalue weighted by molar-refractivity contribution is 7.13. The van der Waals surface area contributed by atoms with Gasteiger partial charge < -0.3 is 14.8 Å². The van der Waals surface area contributed by atoms with Crippen molar-refractivity contribution in [2.24, 2.45) is 5.92 Å². The molecule has 1 fully saturated rings. The lowest BCUT2D eigenvalue weighted by atomic mass is 10.2. The maximum atomic E-state index is 14.6. The largest absolute Gasteiger partial charge is 0.497 e. The Bertz CT molecular complexity index is 1020. The number of amides is 1. The molecule has 0 atom stereocenters. The van der Waals surface area contributed by atoms with Crippen LogP contribution in [0.25, 0.3) is 10.6 Å². The molecule has 0 unspecified atom stereocenters. The summed E-state index contributed by atoms with van der Waals surface area (Å²) >= 11 is 1.25. The molecular weight excluding hydrogens is 391 g/mol. The van der Waals surface area contributed by atoms with E-state index in [-0.39, 0.29) is 5.91 Å². The Morgan fingerprint density at radius 2 is 2.10 bits per heavy atom. The summed E-state index contributed by atoms with van der Waals surface area (Å²) in [5.74, 6) is 1.12. The van der Waals surface area contributed by atoms with Gasteiger partial charge in [-0.05, 0) is 48.6 Å². The van der Waals surface area contributed by atoms with Gasteiger partial charge in [0.25, 0.3) is 5.91 Å². The number of hydrogen-bond donors (Lipinski definition) is 1. The van der Waals surface area contributed by atoms with Crippen molar-refractivity contribution >= 4 is 17.2 Å². The molecule has 0 aliphatic heterocycles. The van der Waals surface area contributed by atoms with E-state index in [1.54, 1.807) is 24.6 Å². The molecule has 2 aromatic carbocycles. The number of nitrogens with zero attached hydrogens (tertiary/aromatic N) is 1. The Hall–Kier alpha value is -2.93. The highest BCUT2D eigenvalue weighted by atomic mass is 32.1. The zero-order valence-corrected chi connectivity index (χ0v) is 16.8. The first-order chi connectivity index (χ1) is 14.1. The number of hydrogen-bond acceptors (Lipinski definition) is 5. The van der Waals surface area contributed by atoms with Gasteiger partial charge >= 0.3 is 0 Å². The van der Waals surface area contributed by atoms with Crippen molar-refractivity contribution in [3.05, 3.63) is 64.9 Å². The van der Waals surface area contributed by atoms with Crippen LogP contribution in [0.1, 0.15) is 28.9 Å². The van der Waals surface area contributed by atoms with Crippen LogP contribution in [0, 0.1) is 11.7 Å². The number of halogens is 1. The van der Waals surface area contributed by atoms with Gasteiger partial charge in [-0.2, -0.15) is 0 Å². The first-order valence-corrected chi connectivity index (χ1v) is 10.3. The number of carbonyl (C=O) groups excluding carboxylic acids is 1. The van der Waals surface area contributed by atoms with E-state index in [1.165, 1.54) is 30.2 Å². The topological polar surface area (TPSA) is 60.5 Å². The second kappa shape index (κ2) is 8.61. The van der Waals surface area contributed by atoms with Crippen molar-refractivity contribution in [1.29, 1.82) is 0 Å². The number of methoxy groups -OCH3 is 1. The molecule has 29 heavy (non-hydrogen) atoms. The van der Waals surface area contributed by atoms with Crippen LogP contribution in [-0.4, -0.2) is 24.5 Å². The van der Waals surface area contributed by atoms with Crippen molar-refractivity contribution in [2.45, 2.75) is 19.4 Å². The van der Waals surface area contributed by atoms with Crippen LogP contribution in [0.4, 0.5) is 4.39 Å². The van der Waals surface area contributed by atoms with E-state index in [0.29, 0.717) is 41.1 Å². The van der Waals surface area contributed by atoms with E-state index in [1.807, 2.05) is 24.3 Å². The zero-order valence-electron chi connectivity index (χ0n) is 16.0. The third-order valence-electron chi connectivity index (χ3n) is 4.70. The molecule has 0 radical (unpaired) electrons. The number of nitrogens with one attached hydrogen (secondary N) is 1. The van der Waals surface area contributed by atoms with E-state index >= 15 is 0 Å². The van der Waals surface area contributed by atoms with Crippen molar-refractivity contribution in [3.8, 4) is 22.1 Å². The highest BCUT2D eigenvalue weighted by Gasteiger charge is 2.22. The Morgan fingerprint density at radius 3 is 2.86 bits per heavy atom. The SMILES string of the molecule is COc1cccc(COc2ccc(-c3nc(C(=O)NCC4CC4)cs3)c(F)c2)c1. The van der Waals surface area contributed by atoms with Crippen LogP contribution in [-0.2, 0) is 6.61 Å². The maximum Gasteiger partial charge on any atom is 0.270 e. The van der Waals surface area contributed by atoms with Crippen molar-refractivity contribution in [3.63, 3.8) is 0 Å². The van der Waals surface area contributed by atoms with E-state index in [0.717, 1.165) is 11.3 Å². The minimum atomic E-state index is -0.438. The summed E-state index contributed by atoms with van der Waals surface area (Å²) in [5.41, 5.74) is 1.60. The number of benzene rings is 2. The van der Waals surface area contributed by atoms with E-state index in [9.17, 15) is 9.18 Å². The number of thiazole rings is 1. The summed E-state index contributed by atoms with van der Waals surface area (Å²) in [6.45, 7) is 0.984. The fraction of sp³-hybridized carbons (Fsp3) is 0.273. The quantitative estimate of drug-likeness (QED) is 0.584. The molecule has 1 aliphatic rings. The molecule has 1 heterocycles. The molecule has 5 nitrogen and oxygen atoms in total. The van der Waals surface area contributed by atoms with Gasteiger partial charge in [0.05, 0.1) is 7.11 Å². The summed E-state index contributed by atoms with van der Waals surface area (Å²) in [4.78, 5) is 16.4. The normalized spacial score (nSPS) is 13.2. The fourth-order valence-electron chi connectivity index (χ4n) is 2.84. The van der Waals surface area contributed by atoms with E-state index in [4.69, 9.17) is 9.47 Å². The van der Waals surface area contributed by atoms with Crippen LogP contribution in [0.2, 0.25) is 0 Å². The van der Waals surface area contributed by atoms with Crippen LogP contribution in [0.3, 0.4) is 0 Å². The summed E-state index contributed by atoms with van der Waals surface area (Å²) in [6, 6.07) is 12.2. The smallest absolute Gasteiger partial charge is 0.270 e. The summed E-state index contributed by atoms with van der Waals surface area (Å²) in [5, 5.41) is 5.00. The van der Waals surface area contributed by atoms with Gasteiger partial charge in [-0.25, -0.2) is 9.37 Å². The van der Waals surface area contributed by atoms with Gasteiger partial charge in [0.15, 0.2) is 0 Å². The lowest BCUT2D eigenvalue weighted by Crippen LogP contribution is -2.25. The Kier molecular flexibility index (Phi) is 5.76. The Morgan fingerprint density at radius 1 is 1.24 bits per heavy atom. The van der Waals surface area contributed by atoms with Crippen LogP contribution < -0.4 is 14.8 Å². The molecule has 1 saturated carbocycles. The van der Waals surface area contributed by atoms with Gasteiger partial charge in [-0.1, -0.05) is 12.1 Å². The van der Waals surface area contributed by atoms with Crippen molar-refractivity contribution < 1.29 is 18.7 Å². The van der Waals surface area contributed by atoms with Gasteiger partial charge in [-0.3, -0.25) is 4.79 Å². The van der Waals surface area contributed by atoms with Crippen LogP contribution in [0.15, 0.2) is 47.8 Å². The van der Waals surface area contributed by atoms with Crippen LogP contribution >= 0.6 is 11.3 Å². The molecular formula is C22H21FN2O3S. The molecule has 4 rings (SSSR count). The molecule has 0 saturated heterocycles. The second-order valence-electron chi connectivity index (χ2n) is 6.97. The van der Waals surface area contributed by atoms with Gasteiger partial charge in [0, 0.05) is 23.6 Å². The highest BCUT2D eigenvalue weighted by Crippen LogP contribution is 2.30. The number of rotatable bonds is 8. The number of aromatic nitrogens is 1. The standard InChI is InChI=1S/C22H21FN2O3S/c1-27-16-4-2-3-15(9-16)12-28-17-7-8-18(19(23)10-17)22-25-20(13-29-22)21(26)24-11-14-5-6-14/h2-4,7-10,13-14H,5-6,11-12H2,1H3,(H,24,26). The summed E-state index contributed by atoms with van der Waals surface area (Å²) < 4.78 is 25.5. The average Bonchev–Trinajstić information content (AvgIpc) is 3.45. The molecule has 1 amide bonds. The van der Waals surface area contributed by atoms with Gasteiger partial charge in [0.2, 0.25) is 0 Å². The molecule has 1 aliphatic carbocycles. The first-order valence-electron chi connectivity index (χ1n) is 9.42. The third kappa shape index (κ3) is 4.92. The van der Waals surface area contributed by atoms with Crippen LogP contribution in [0.5, 0.6) is 11.5 Å². The minimum absolute atomic E-state index is 0.210. The van der Waals surface area contributed by atoms with E-state index < -0.39 is 5.82 Å². The number of carbonyl (C=O) groups is 1. The first kappa shape index (κ1) is 19.4. The summed E-state index contributed by atoms with van der Waals surface area (Å²) in [7, 11) is 1.61. The molecule has 3 aromatic rings. The molecule has 1 N–H and O–H groups in total. The predicted molar refractivity (Wildman–Crippen MR) is 110 cm³/mol. The molecule has 7 heteroatoms. The Labute approximate surface area is 172 Å². The second-order valence-corrected chi connectivity index (χ2v) is 7.83. The molecule has 150 valence electrons. The number of ether oxygens (including phenoxy) is 2. The van der Waals surface area contributed by atoms with Crippen molar-refractivity contribution in [1.82, 2.24) is 10.3 Å². The van der Waals surface area contributed by atoms with E-state index in [2.05, 4.69) is 10.3 Å². The summed E-state index contributed by atoms with van der Waals surface area (Å²) in [6.07, 6.45) is 2.33. The Balaban J connectivity index is 1.41. The third-order valence-corrected chi connectivity index (χ3v) is 5.57. The minimum Gasteiger partial charge on any atom is -0.497 e. The molecule has 0 bridgehead atoms. The lowest BCUT2D eigenvalue weighted by molar-refractivity contribution is 0.0947. The molecule has 0 spiro atoms. The monoisotopic (exact) mass is 412 g/mol. The fourth-order valence-corrected chi connectivity index (χ4v) is 3.67. The molecule has 1 aromatic heterocycles. The van der Waals surface area contributed by atoms with Crippen molar-refractivity contribution in [2.75, 3.05) is 13.7 Å².